The second kappa shape index (κ2) is 9.23. The highest BCUT2D eigenvalue weighted by Gasteiger charge is 2.21. The van der Waals surface area contributed by atoms with E-state index in [0.717, 1.165) is 38.3 Å². The number of benzene rings is 2. The summed E-state index contributed by atoms with van der Waals surface area (Å²) < 4.78 is 0. The van der Waals surface area contributed by atoms with E-state index in [0.29, 0.717) is 28.5 Å². The monoisotopic (exact) mass is 401 g/mol. The maximum absolute atomic E-state index is 12.5. The largest absolute Gasteiger partial charge is 0.340 e. The first-order chi connectivity index (χ1) is 13.1. The number of carbonyl (C=O) groups excluding carboxylic acids is 1. The average molecular weight is 402 g/mol. The first kappa shape index (κ1) is 19.7. The van der Waals surface area contributed by atoms with Crippen LogP contribution in [0.3, 0.4) is 0 Å². The molecule has 0 atom stereocenters. The molecule has 1 fully saturated rings. The summed E-state index contributed by atoms with van der Waals surface area (Å²) in [5, 5.41) is 9.93. The second-order valence-corrected chi connectivity index (χ2v) is 7.46. The van der Waals surface area contributed by atoms with Gasteiger partial charge in [-0.05, 0) is 35.7 Å². The van der Waals surface area contributed by atoms with Crippen molar-refractivity contribution in [2.45, 2.75) is 19.4 Å². The molecular formula is C21H21Cl2N3O. The summed E-state index contributed by atoms with van der Waals surface area (Å²) in [6.45, 7) is 4.01. The zero-order chi connectivity index (χ0) is 19.2. The van der Waals surface area contributed by atoms with Gasteiger partial charge in [0.2, 0.25) is 5.91 Å². The van der Waals surface area contributed by atoms with E-state index in [2.05, 4.69) is 11.0 Å². The van der Waals surface area contributed by atoms with Gasteiger partial charge in [-0.15, -0.1) is 0 Å². The van der Waals surface area contributed by atoms with Crippen molar-refractivity contribution in [3.8, 4) is 6.07 Å². The molecule has 1 heterocycles. The SMILES string of the molecule is N#Cc1ccc(CN2CCN(C(=O)CCc3cccc(Cl)c3Cl)CC2)cc1. The van der Waals surface area contributed by atoms with Crippen LogP contribution in [0, 0.1) is 11.3 Å². The van der Waals surface area contributed by atoms with Crippen molar-refractivity contribution in [2.75, 3.05) is 26.2 Å². The smallest absolute Gasteiger partial charge is 0.222 e. The summed E-state index contributed by atoms with van der Waals surface area (Å²) in [5.41, 5.74) is 2.77. The van der Waals surface area contributed by atoms with Gasteiger partial charge in [0.1, 0.15) is 0 Å². The van der Waals surface area contributed by atoms with Gasteiger partial charge < -0.3 is 4.90 Å². The zero-order valence-corrected chi connectivity index (χ0v) is 16.5. The molecule has 6 heteroatoms. The molecule has 4 nitrogen and oxygen atoms in total. The number of rotatable bonds is 5. The number of amides is 1. The van der Waals surface area contributed by atoms with Gasteiger partial charge in [-0.1, -0.05) is 47.5 Å². The Bertz CT molecular complexity index is 837. The molecule has 140 valence electrons. The Labute approximate surface area is 169 Å². The molecule has 2 aromatic rings. The van der Waals surface area contributed by atoms with Crippen molar-refractivity contribution < 1.29 is 4.79 Å². The molecule has 1 aliphatic heterocycles. The van der Waals surface area contributed by atoms with Crippen LogP contribution in [0.15, 0.2) is 42.5 Å². The molecule has 0 aromatic heterocycles. The molecule has 0 spiro atoms. The lowest BCUT2D eigenvalue weighted by Gasteiger charge is -2.35. The summed E-state index contributed by atoms with van der Waals surface area (Å²) in [7, 11) is 0. The maximum atomic E-state index is 12.5. The van der Waals surface area contributed by atoms with E-state index in [-0.39, 0.29) is 5.91 Å². The fourth-order valence-corrected chi connectivity index (χ4v) is 3.65. The highest BCUT2D eigenvalue weighted by molar-refractivity contribution is 6.42. The van der Waals surface area contributed by atoms with Crippen LogP contribution in [0.2, 0.25) is 10.0 Å². The van der Waals surface area contributed by atoms with Crippen LogP contribution >= 0.6 is 23.2 Å². The number of nitriles is 1. The van der Waals surface area contributed by atoms with Gasteiger partial charge in [-0.2, -0.15) is 5.26 Å². The number of aryl methyl sites for hydroxylation is 1. The minimum absolute atomic E-state index is 0.157. The number of hydrogen-bond donors (Lipinski definition) is 0. The van der Waals surface area contributed by atoms with Gasteiger partial charge in [-0.25, -0.2) is 0 Å². The second-order valence-electron chi connectivity index (χ2n) is 6.68. The molecule has 0 bridgehead atoms. The Morgan fingerprint density at radius 1 is 1.04 bits per heavy atom. The zero-order valence-electron chi connectivity index (χ0n) is 15.0. The Hall–Kier alpha value is -2.06. The third-order valence-corrected chi connectivity index (χ3v) is 5.71. The van der Waals surface area contributed by atoms with Crippen LogP contribution in [0.1, 0.15) is 23.1 Å². The third kappa shape index (κ3) is 5.23. The lowest BCUT2D eigenvalue weighted by atomic mass is 10.1. The van der Waals surface area contributed by atoms with Crippen LogP contribution in [-0.2, 0) is 17.8 Å². The number of halogens is 2. The van der Waals surface area contributed by atoms with Crippen LogP contribution < -0.4 is 0 Å². The minimum atomic E-state index is 0.157. The molecule has 1 amide bonds. The van der Waals surface area contributed by atoms with E-state index < -0.39 is 0 Å². The minimum Gasteiger partial charge on any atom is -0.340 e. The molecule has 0 saturated carbocycles. The third-order valence-electron chi connectivity index (χ3n) is 4.85. The van der Waals surface area contributed by atoms with Gasteiger partial charge in [0.15, 0.2) is 0 Å². The molecule has 0 unspecified atom stereocenters. The molecule has 0 radical (unpaired) electrons. The number of carbonyl (C=O) groups is 1. The van der Waals surface area contributed by atoms with Crippen molar-refractivity contribution >= 4 is 29.1 Å². The molecule has 3 rings (SSSR count). The fraction of sp³-hybridized carbons (Fsp3) is 0.333. The molecule has 0 N–H and O–H groups in total. The quantitative estimate of drug-likeness (QED) is 0.755. The first-order valence-corrected chi connectivity index (χ1v) is 9.74. The van der Waals surface area contributed by atoms with Crippen molar-refractivity contribution in [1.82, 2.24) is 9.80 Å². The molecular weight excluding hydrogens is 381 g/mol. The highest BCUT2D eigenvalue weighted by atomic mass is 35.5. The van der Waals surface area contributed by atoms with Gasteiger partial charge in [0, 0.05) is 39.1 Å². The summed E-state index contributed by atoms with van der Waals surface area (Å²) in [5.74, 6) is 0.157. The van der Waals surface area contributed by atoms with Crippen LogP contribution in [0.5, 0.6) is 0 Å². The predicted octanol–water partition coefficient (Wildman–Crippen LogP) is 4.14. The lowest BCUT2D eigenvalue weighted by molar-refractivity contribution is -0.133. The Kier molecular flexibility index (Phi) is 6.73. The van der Waals surface area contributed by atoms with Gasteiger partial charge in [0.25, 0.3) is 0 Å². The Morgan fingerprint density at radius 3 is 2.41 bits per heavy atom. The van der Waals surface area contributed by atoms with Crippen LogP contribution in [0.4, 0.5) is 0 Å². The predicted molar refractivity (Wildman–Crippen MR) is 108 cm³/mol. The van der Waals surface area contributed by atoms with Crippen molar-refractivity contribution in [2.24, 2.45) is 0 Å². The summed E-state index contributed by atoms with van der Waals surface area (Å²) >= 11 is 12.2. The van der Waals surface area contributed by atoms with E-state index in [1.54, 1.807) is 6.07 Å². The van der Waals surface area contributed by atoms with Crippen molar-refractivity contribution in [3.63, 3.8) is 0 Å². The molecule has 27 heavy (non-hydrogen) atoms. The molecule has 2 aromatic carbocycles. The standard InChI is InChI=1S/C21H21Cl2N3O/c22-19-3-1-2-18(21(19)23)8-9-20(27)26-12-10-25(11-13-26)15-17-6-4-16(14-24)5-7-17/h1-7H,8-13,15H2. The van der Waals surface area contributed by atoms with E-state index in [4.69, 9.17) is 28.5 Å². The van der Waals surface area contributed by atoms with E-state index in [1.807, 2.05) is 41.3 Å². The van der Waals surface area contributed by atoms with Crippen molar-refractivity contribution in [1.29, 1.82) is 5.26 Å². The first-order valence-electron chi connectivity index (χ1n) is 8.99. The number of hydrogen-bond acceptors (Lipinski definition) is 3. The summed E-state index contributed by atoms with van der Waals surface area (Å²) in [4.78, 5) is 16.8. The lowest BCUT2D eigenvalue weighted by Crippen LogP contribution is -2.48. The van der Waals surface area contributed by atoms with Gasteiger partial charge >= 0.3 is 0 Å². The number of nitrogens with zero attached hydrogens (tertiary/aromatic N) is 3. The fourth-order valence-electron chi connectivity index (χ4n) is 3.24. The molecule has 1 aliphatic rings. The summed E-state index contributed by atoms with van der Waals surface area (Å²) in [6, 6.07) is 15.3. The van der Waals surface area contributed by atoms with Gasteiger partial charge in [-0.3, -0.25) is 9.69 Å². The Morgan fingerprint density at radius 2 is 1.74 bits per heavy atom. The topological polar surface area (TPSA) is 47.3 Å². The normalized spacial score (nSPS) is 14.8. The molecule has 1 saturated heterocycles. The van der Waals surface area contributed by atoms with E-state index in [1.165, 1.54) is 5.56 Å². The highest BCUT2D eigenvalue weighted by Crippen LogP contribution is 2.26. The van der Waals surface area contributed by atoms with E-state index in [9.17, 15) is 4.79 Å². The van der Waals surface area contributed by atoms with Crippen molar-refractivity contribution in [3.05, 3.63) is 69.2 Å². The number of piperazine rings is 1. The molecule has 0 aliphatic carbocycles. The average Bonchev–Trinajstić information content (AvgIpc) is 2.70. The maximum Gasteiger partial charge on any atom is 0.222 e. The summed E-state index contributed by atoms with van der Waals surface area (Å²) in [6.07, 6.45) is 1.04. The van der Waals surface area contributed by atoms with Gasteiger partial charge in [0.05, 0.1) is 21.7 Å². The Balaban J connectivity index is 1.46. The van der Waals surface area contributed by atoms with E-state index >= 15 is 0 Å². The van der Waals surface area contributed by atoms with Crippen LogP contribution in [-0.4, -0.2) is 41.9 Å². The van der Waals surface area contributed by atoms with Crippen LogP contribution in [0.25, 0.3) is 0 Å².